The van der Waals surface area contributed by atoms with Gasteiger partial charge in [0.1, 0.15) is 5.76 Å². The van der Waals surface area contributed by atoms with Crippen molar-refractivity contribution in [3.63, 3.8) is 0 Å². The fraction of sp³-hybridized carbons (Fsp3) is 0.500. The first-order chi connectivity index (χ1) is 6.77. The Labute approximate surface area is 86.0 Å². The smallest absolute Gasteiger partial charge is 0.101 e. The number of aryl methyl sites for hydroxylation is 1. The van der Waals surface area contributed by atoms with Crippen LogP contribution in [0.3, 0.4) is 0 Å². The highest BCUT2D eigenvalue weighted by atomic mass is 16.3. The van der Waals surface area contributed by atoms with Crippen LogP contribution in [-0.2, 0) is 0 Å². The van der Waals surface area contributed by atoms with Crippen LogP contribution in [0, 0.1) is 6.92 Å². The van der Waals surface area contributed by atoms with Crippen LogP contribution in [-0.4, -0.2) is 7.05 Å². The third-order valence-electron chi connectivity index (χ3n) is 2.40. The fourth-order valence-corrected chi connectivity index (χ4v) is 1.59. The average molecular weight is 193 g/mol. The minimum atomic E-state index is 0.410. The summed E-state index contributed by atoms with van der Waals surface area (Å²) in [5.41, 5.74) is 1.24. The Bertz CT molecular complexity index is 278. The first-order valence-corrected chi connectivity index (χ1v) is 5.11. The van der Waals surface area contributed by atoms with Gasteiger partial charge in [0.2, 0.25) is 0 Å². The molecule has 2 nitrogen and oxygen atoms in total. The van der Waals surface area contributed by atoms with Crippen molar-refractivity contribution in [3.8, 4) is 0 Å². The molecule has 0 aliphatic rings. The minimum absolute atomic E-state index is 0.410. The van der Waals surface area contributed by atoms with E-state index in [1.54, 1.807) is 0 Å². The lowest BCUT2D eigenvalue weighted by Gasteiger charge is -2.13. The Kier molecular flexibility index (Phi) is 4.47. The normalized spacial score (nSPS) is 12.7. The molecule has 0 aliphatic carbocycles. The minimum Gasteiger partial charge on any atom is -0.469 e. The fourth-order valence-electron chi connectivity index (χ4n) is 1.59. The van der Waals surface area contributed by atoms with Crippen LogP contribution in [0.5, 0.6) is 0 Å². The summed E-state index contributed by atoms with van der Waals surface area (Å²) in [6.45, 7) is 5.69. The Balaban J connectivity index is 2.49. The van der Waals surface area contributed by atoms with Crippen molar-refractivity contribution in [2.75, 3.05) is 7.05 Å². The maximum atomic E-state index is 5.29. The number of hydrogen-bond acceptors (Lipinski definition) is 2. The van der Waals surface area contributed by atoms with E-state index in [1.165, 1.54) is 12.0 Å². The predicted octanol–water partition coefficient (Wildman–Crippen LogP) is 3.20. The van der Waals surface area contributed by atoms with E-state index in [9.17, 15) is 0 Å². The second kappa shape index (κ2) is 5.66. The SMILES string of the molecule is C=CCCCC(NC)c1coc(C)c1. The third-order valence-corrected chi connectivity index (χ3v) is 2.40. The number of rotatable bonds is 6. The van der Waals surface area contributed by atoms with Crippen LogP contribution >= 0.6 is 0 Å². The summed E-state index contributed by atoms with van der Waals surface area (Å²) in [5, 5.41) is 3.30. The summed E-state index contributed by atoms with van der Waals surface area (Å²) in [6, 6.07) is 2.50. The Morgan fingerprint density at radius 1 is 1.64 bits per heavy atom. The molecule has 1 N–H and O–H groups in total. The van der Waals surface area contributed by atoms with Gasteiger partial charge < -0.3 is 9.73 Å². The van der Waals surface area contributed by atoms with E-state index in [4.69, 9.17) is 4.42 Å². The van der Waals surface area contributed by atoms with Crippen molar-refractivity contribution in [3.05, 3.63) is 36.3 Å². The molecule has 0 aromatic carbocycles. The number of hydrogen-bond donors (Lipinski definition) is 1. The van der Waals surface area contributed by atoms with E-state index in [0.717, 1.165) is 18.6 Å². The van der Waals surface area contributed by atoms with E-state index < -0.39 is 0 Å². The van der Waals surface area contributed by atoms with E-state index >= 15 is 0 Å². The molecule has 0 spiro atoms. The van der Waals surface area contributed by atoms with E-state index in [0.29, 0.717) is 6.04 Å². The Morgan fingerprint density at radius 3 is 2.93 bits per heavy atom. The molecule has 1 rings (SSSR count). The zero-order valence-corrected chi connectivity index (χ0v) is 9.05. The lowest BCUT2D eigenvalue weighted by Crippen LogP contribution is -2.15. The summed E-state index contributed by atoms with van der Waals surface area (Å²) in [7, 11) is 1.99. The van der Waals surface area contributed by atoms with Crippen LogP contribution in [0.25, 0.3) is 0 Å². The van der Waals surface area contributed by atoms with Crippen molar-refractivity contribution in [2.45, 2.75) is 32.2 Å². The molecule has 2 heteroatoms. The first kappa shape index (κ1) is 11.1. The molecule has 1 aromatic rings. The van der Waals surface area contributed by atoms with Gasteiger partial charge in [0.15, 0.2) is 0 Å². The maximum Gasteiger partial charge on any atom is 0.101 e. The van der Waals surface area contributed by atoms with Gasteiger partial charge in [0.05, 0.1) is 6.26 Å². The average Bonchev–Trinajstić information content (AvgIpc) is 2.60. The van der Waals surface area contributed by atoms with Gasteiger partial charge in [-0.15, -0.1) is 6.58 Å². The molecule has 14 heavy (non-hydrogen) atoms. The third kappa shape index (κ3) is 3.04. The molecule has 0 saturated carbocycles. The van der Waals surface area contributed by atoms with Gasteiger partial charge >= 0.3 is 0 Å². The van der Waals surface area contributed by atoms with Gasteiger partial charge in [-0.3, -0.25) is 0 Å². The molecule has 1 aromatic heterocycles. The topological polar surface area (TPSA) is 25.2 Å². The van der Waals surface area contributed by atoms with Crippen LogP contribution in [0.2, 0.25) is 0 Å². The highest BCUT2D eigenvalue weighted by Crippen LogP contribution is 2.21. The summed E-state index contributed by atoms with van der Waals surface area (Å²) < 4.78 is 5.29. The quantitative estimate of drug-likeness (QED) is 0.554. The largest absolute Gasteiger partial charge is 0.469 e. The lowest BCUT2D eigenvalue weighted by molar-refractivity contribution is 0.503. The summed E-state index contributed by atoms with van der Waals surface area (Å²) >= 11 is 0. The maximum absolute atomic E-state index is 5.29. The summed E-state index contributed by atoms with van der Waals surface area (Å²) in [5.74, 6) is 0.976. The number of nitrogens with one attached hydrogen (secondary N) is 1. The molecule has 0 amide bonds. The van der Waals surface area contributed by atoms with E-state index in [1.807, 2.05) is 26.3 Å². The van der Waals surface area contributed by atoms with Crippen molar-refractivity contribution in [1.29, 1.82) is 0 Å². The number of unbranched alkanes of at least 4 members (excludes halogenated alkanes) is 1. The zero-order chi connectivity index (χ0) is 10.4. The summed E-state index contributed by atoms with van der Waals surface area (Å²) in [6.07, 6.45) is 7.17. The monoisotopic (exact) mass is 193 g/mol. The zero-order valence-electron chi connectivity index (χ0n) is 9.05. The molecule has 1 atom stereocenters. The van der Waals surface area contributed by atoms with E-state index in [-0.39, 0.29) is 0 Å². The first-order valence-electron chi connectivity index (χ1n) is 5.11. The second-order valence-electron chi connectivity index (χ2n) is 3.55. The lowest BCUT2D eigenvalue weighted by atomic mass is 10.0. The molecule has 0 radical (unpaired) electrons. The number of furan rings is 1. The molecule has 78 valence electrons. The van der Waals surface area contributed by atoms with Gasteiger partial charge in [-0.25, -0.2) is 0 Å². The van der Waals surface area contributed by atoms with Gasteiger partial charge in [-0.2, -0.15) is 0 Å². The van der Waals surface area contributed by atoms with Crippen LogP contribution in [0.4, 0.5) is 0 Å². The van der Waals surface area contributed by atoms with Gasteiger partial charge in [-0.1, -0.05) is 6.08 Å². The van der Waals surface area contributed by atoms with E-state index in [2.05, 4.69) is 18.0 Å². The Morgan fingerprint density at radius 2 is 2.43 bits per heavy atom. The molecule has 0 aliphatic heterocycles. The summed E-state index contributed by atoms with van der Waals surface area (Å²) in [4.78, 5) is 0. The Hall–Kier alpha value is -1.02. The molecule has 1 unspecified atom stereocenters. The van der Waals surface area contributed by atoms with Crippen molar-refractivity contribution >= 4 is 0 Å². The van der Waals surface area contributed by atoms with Crippen LogP contribution < -0.4 is 5.32 Å². The highest BCUT2D eigenvalue weighted by molar-refractivity contribution is 5.16. The van der Waals surface area contributed by atoms with Crippen molar-refractivity contribution in [1.82, 2.24) is 5.32 Å². The predicted molar refractivity (Wildman–Crippen MR) is 59.3 cm³/mol. The van der Waals surface area contributed by atoms with Crippen LogP contribution in [0.1, 0.15) is 36.6 Å². The molecule has 1 heterocycles. The van der Waals surface area contributed by atoms with Crippen LogP contribution in [0.15, 0.2) is 29.4 Å². The molecule has 0 saturated heterocycles. The molecular formula is C12H19NO. The standard InChI is InChI=1S/C12H19NO/c1-4-5-6-7-12(13-3)11-8-10(2)14-9-11/h4,8-9,12-13H,1,5-7H2,2-3H3. The molecule has 0 fully saturated rings. The van der Waals surface area contributed by atoms with Gasteiger partial charge in [-0.05, 0) is 39.3 Å². The van der Waals surface area contributed by atoms with Gasteiger partial charge in [0, 0.05) is 11.6 Å². The number of allylic oxidation sites excluding steroid dienone is 1. The highest BCUT2D eigenvalue weighted by Gasteiger charge is 2.10. The second-order valence-corrected chi connectivity index (χ2v) is 3.55. The van der Waals surface area contributed by atoms with Crippen molar-refractivity contribution < 1.29 is 4.42 Å². The van der Waals surface area contributed by atoms with Crippen molar-refractivity contribution in [2.24, 2.45) is 0 Å². The molecule has 0 bridgehead atoms. The molecular weight excluding hydrogens is 174 g/mol. The van der Waals surface area contributed by atoms with Gasteiger partial charge in [0.25, 0.3) is 0 Å².